The molecular formula is C5H9NO2. The van der Waals surface area contributed by atoms with E-state index in [1.54, 1.807) is 0 Å². The molecule has 0 unspecified atom stereocenters. The van der Waals surface area contributed by atoms with Crippen molar-refractivity contribution in [2.24, 2.45) is 0 Å². The van der Waals surface area contributed by atoms with Crippen LogP contribution >= 0.6 is 0 Å². The topological polar surface area (TPSA) is 40.5 Å². The highest BCUT2D eigenvalue weighted by Gasteiger charge is 2.22. The summed E-state index contributed by atoms with van der Waals surface area (Å²) < 4.78 is 0. The Kier molecular flexibility index (Phi) is 1.60. The van der Waals surface area contributed by atoms with E-state index in [-0.39, 0.29) is 6.10 Å². The van der Waals surface area contributed by atoms with Crippen LogP contribution in [-0.2, 0) is 4.79 Å². The number of hydrogen-bond donors (Lipinski definition) is 1. The Morgan fingerprint density at radius 3 is 2.75 bits per heavy atom. The Balaban J connectivity index is 2.06. The summed E-state index contributed by atoms with van der Waals surface area (Å²) in [6.07, 6.45) is 0.668. The third-order valence-corrected chi connectivity index (χ3v) is 1.27. The van der Waals surface area contributed by atoms with Crippen LogP contribution in [0.25, 0.3) is 0 Å². The molecule has 1 heterocycles. The zero-order valence-electron chi connectivity index (χ0n) is 4.58. The fourth-order valence-electron chi connectivity index (χ4n) is 0.797. The van der Waals surface area contributed by atoms with E-state index in [9.17, 15) is 4.79 Å². The lowest BCUT2D eigenvalue weighted by atomic mass is 10.2. The molecule has 0 aliphatic carbocycles. The maximum atomic E-state index is 9.79. The molecule has 1 aliphatic rings. The van der Waals surface area contributed by atoms with Crippen molar-refractivity contribution in [3.63, 3.8) is 0 Å². The van der Waals surface area contributed by atoms with Gasteiger partial charge in [-0.1, -0.05) is 0 Å². The third-order valence-electron chi connectivity index (χ3n) is 1.27. The number of aldehydes is 1. The maximum Gasteiger partial charge on any atom is 0.133 e. The lowest BCUT2D eigenvalue weighted by Crippen LogP contribution is -2.51. The molecule has 0 saturated carbocycles. The Hall–Kier alpha value is -0.410. The average Bonchev–Trinajstić information content (AvgIpc) is 1.64. The molecule has 0 atom stereocenters. The molecule has 0 spiro atoms. The van der Waals surface area contributed by atoms with E-state index < -0.39 is 0 Å². The molecule has 0 aromatic rings. The average molecular weight is 115 g/mol. The predicted molar refractivity (Wildman–Crippen MR) is 28.5 cm³/mol. The SMILES string of the molecule is O=CCN1CC(O)C1. The van der Waals surface area contributed by atoms with Gasteiger partial charge in [0, 0.05) is 13.1 Å². The Morgan fingerprint density at radius 2 is 2.38 bits per heavy atom. The predicted octanol–water partition coefficient (Wildman–Crippen LogP) is -1.14. The summed E-state index contributed by atoms with van der Waals surface area (Å²) in [5.41, 5.74) is 0. The van der Waals surface area contributed by atoms with Crippen LogP contribution in [0.1, 0.15) is 0 Å². The molecule has 0 bridgehead atoms. The van der Waals surface area contributed by atoms with Crippen LogP contribution < -0.4 is 0 Å². The van der Waals surface area contributed by atoms with Gasteiger partial charge in [-0.05, 0) is 0 Å². The summed E-state index contributed by atoms with van der Waals surface area (Å²) >= 11 is 0. The Labute approximate surface area is 47.9 Å². The smallest absolute Gasteiger partial charge is 0.133 e. The molecule has 0 aromatic carbocycles. The lowest BCUT2D eigenvalue weighted by molar-refractivity contribution is -0.111. The van der Waals surface area contributed by atoms with E-state index in [1.807, 2.05) is 4.90 Å². The van der Waals surface area contributed by atoms with Gasteiger partial charge in [-0.25, -0.2) is 0 Å². The van der Waals surface area contributed by atoms with E-state index >= 15 is 0 Å². The van der Waals surface area contributed by atoms with Gasteiger partial charge >= 0.3 is 0 Å². The fraction of sp³-hybridized carbons (Fsp3) is 0.800. The maximum absolute atomic E-state index is 9.79. The second-order valence-corrected chi connectivity index (χ2v) is 2.04. The van der Waals surface area contributed by atoms with E-state index in [2.05, 4.69) is 0 Å². The van der Waals surface area contributed by atoms with Crippen molar-refractivity contribution in [2.75, 3.05) is 19.6 Å². The first-order chi connectivity index (χ1) is 3.83. The summed E-state index contributed by atoms with van der Waals surface area (Å²) in [5.74, 6) is 0. The van der Waals surface area contributed by atoms with Crippen molar-refractivity contribution in [3.8, 4) is 0 Å². The van der Waals surface area contributed by atoms with Gasteiger partial charge < -0.3 is 9.90 Å². The molecule has 0 radical (unpaired) electrons. The summed E-state index contributed by atoms with van der Waals surface area (Å²) in [6.45, 7) is 1.80. The van der Waals surface area contributed by atoms with Crippen LogP contribution in [0.4, 0.5) is 0 Å². The molecule has 1 N–H and O–H groups in total. The van der Waals surface area contributed by atoms with Crippen molar-refractivity contribution >= 4 is 6.29 Å². The largest absolute Gasteiger partial charge is 0.390 e. The molecule has 1 rings (SSSR count). The normalized spacial score (nSPS) is 22.6. The van der Waals surface area contributed by atoms with E-state index in [4.69, 9.17) is 5.11 Å². The van der Waals surface area contributed by atoms with Crippen LogP contribution in [0.15, 0.2) is 0 Å². The van der Waals surface area contributed by atoms with Gasteiger partial charge in [-0.3, -0.25) is 4.90 Å². The van der Waals surface area contributed by atoms with Crippen LogP contribution in [0.5, 0.6) is 0 Å². The Bertz CT molecular complexity index is 88.4. The molecule has 1 aliphatic heterocycles. The second-order valence-electron chi connectivity index (χ2n) is 2.04. The molecule has 1 fully saturated rings. The fourth-order valence-corrected chi connectivity index (χ4v) is 0.797. The number of nitrogens with zero attached hydrogens (tertiary/aromatic N) is 1. The molecule has 0 amide bonds. The zero-order valence-corrected chi connectivity index (χ0v) is 4.58. The molecule has 0 aromatic heterocycles. The lowest BCUT2D eigenvalue weighted by Gasteiger charge is -2.33. The highest BCUT2D eigenvalue weighted by molar-refractivity contribution is 5.52. The van der Waals surface area contributed by atoms with Gasteiger partial charge in [-0.2, -0.15) is 0 Å². The highest BCUT2D eigenvalue weighted by atomic mass is 16.3. The van der Waals surface area contributed by atoms with Crippen molar-refractivity contribution in [1.29, 1.82) is 0 Å². The van der Waals surface area contributed by atoms with Crippen LogP contribution in [0, 0.1) is 0 Å². The summed E-state index contributed by atoms with van der Waals surface area (Å²) in [7, 11) is 0. The van der Waals surface area contributed by atoms with Crippen LogP contribution in [-0.4, -0.2) is 42.0 Å². The minimum Gasteiger partial charge on any atom is -0.390 e. The molecular weight excluding hydrogens is 106 g/mol. The standard InChI is InChI=1S/C5H9NO2/c7-2-1-6-3-5(8)4-6/h2,5,8H,1,3-4H2. The summed E-state index contributed by atoms with van der Waals surface area (Å²) in [6, 6.07) is 0. The summed E-state index contributed by atoms with van der Waals surface area (Å²) in [4.78, 5) is 11.7. The van der Waals surface area contributed by atoms with Crippen molar-refractivity contribution < 1.29 is 9.90 Å². The van der Waals surface area contributed by atoms with Gasteiger partial charge in [0.1, 0.15) is 6.29 Å². The van der Waals surface area contributed by atoms with Crippen molar-refractivity contribution in [1.82, 2.24) is 4.90 Å². The number of hydrogen-bond acceptors (Lipinski definition) is 3. The minimum atomic E-state index is -0.185. The van der Waals surface area contributed by atoms with Crippen molar-refractivity contribution in [3.05, 3.63) is 0 Å². The monoisotopic (exact) mass is 115 g/mol. The van der Waals surface area contributed by atoms with Crippen LogP contribution in [0.2, 0.25) is 0 Å². The zero-order chi connectivity index (χ0) is 5.98. The van der Waals surface area contributed by atoms with Gasteiger partial charge in [-0.15, -0.1) is 0 Å². The number of likely N-dealkylation sites (tertiary alicyclic amines) is 1. The number of aliphatic hydroxyl groups excluding tert-OH is 1. The van der Waals surface area contributed by atoms with Gasteiger partial charge in [0.25, 0.3) is 0 Å². The van der Waals surface area contributed by atoms with E-state index in [1.165, 1.54) is 0 Å². The van der Waals surface area contributed by atoms with Crippen LogP contribution in [0.3, 0.4) is 0 Å². The summed E-state index contributed by atoms with van der Waals surface area (Å²) in [5, 5.41) is 8.69. The first-order valence-corrected chi connectivity index (χ1v) is 2.67. The number of aliphatic hydroxyl groups is 1. The van der Waals surface area contributed by atoms with Crippen molar-refractivity contribution in [2.45, 2.75) is 6.10 Å². The van der Waals surface area contributed by atoms with E-state index in [0.29, 0.717) is 19.6 Å². The number of carbonyl (C=O) groups excluding carboxylic acids is 1. The highest BCUT2D eigenvalue weighted by Crippen LogP contribution is 2.03. The number of β-amino-alcohol motifs (C(OH)–C–C–N with tert-alkyl or cyclic N) is 1. The van der Waals surface area contributed by atoms with Gasteiger partial charge in [0.2, 0.25) is 0 Å². The second kappa shape index (κ2) is 2.24. The van der Waals surface area contributed by atoms with E-state index in [0.717, 1.165) is 6.29 Å². The first-order valence-electron chi connectivity index (χ1n) is 2.67. The molecule has 46 valence electrons. The van der Waals surface area contributed by atoms with Gasteiger partial charge in [0.05, 0.1) is 12.6 Å². The molecule has 3 nitrogen and oxygen atoms in total. The molecule has 8 heavy (non-hydrogen) atoms. The first kappa shape index (κ1) is 5.72. The quantitative estimate of drug-likeness (QED) is 0.462. The molecule has 1 saturated heterocycles. The number of rotatable bonds is 2. The Morgan fingerprint density at radius 1 is 1.75 bits per heavy atom. The number of carbonyl (C=O) groups is 1. The molecule has 3 heteroatoms. The third kappa shape index (κ3) is 1.05. The van der Waals surface area contributed by atoms with Gasteiger partial charge in [0.15, 0.2) is 0 Å². The minimum absolute atomic E-state index is 0.185.